The number of thiazole rings is 1. The number of allylic oxidation sites excluding steroid dienone is 1. The Morgan fingerprint density at radius 3 is 2.57 bits per heavy atom. The van der Waals surface area contributed by atoms with Gasteiger partial charge in [-0.05, 0) is 62.2 Å². The summed E-state index contributed by atoms with van der Waals surface area (Å²) < 4.78 is 33.5. The Bertz CT molecular complexity index is 1840. The number of aromatic nitrogens is 1. The second kappa shape index (κ2) is 12.3. The standard InChI is InChI=1S/C32H28ClFN2O5S/c1-18(2)41-31(38)28-19(3)35-32-36(30(37)27(42-32)16-22-23(33)11-8-12-24(22)34)29(28)21-13-14-25(26(15-21)39-4)40-17-20-9-6-5-7-10-20/h5-16,18,29H,17H2,1-4H3. The Balaban J connectivity index is 1.65. The molecule has 1 atom stereocenters. The zero-order valence-corrected chi connectivity index (χ0v) is 25.0. The molecule has 0 N–H and O–H groups in total. The number of carbonyl (C=O) groups excluding carboxylic acids is 1. The lowest BCUT2D eigenvalue weighted by Crippen LogP contribution is -2.40. The van der Waals surface area contributed by atoms with Crippen LogP contribution in [0.4, 0.5) is 4.39 Å². The van der Waals surface area contributed by atoms with Crippen LogP contribution in [-0.4, -0.2) is 23.8 Å². The van der Waals surface area contributed by atoms with Gasteiger partial charge in [0.05, 0.1) is 40.1 Å². The molecule has 0 bridgehead atoms. The van der Waals surface area contributed by atoms with Gasteiger partial charge in [0.15, 0.2) is 16.3 Å². The Hall–Kier alpha value is -4.21. The summed E-state index contributed by atoms with van der Waals surface area (Å²) in [5.41, 5.74) is 1.84. The second-order valence-corrected chi connectivity index (χ2v) is 11.3. The molecule has 0 fully saturated rings. The third kappa shape index (κ3) is 5.89. The maximum Gasteiger partial charge on any atom is 0.338 e. The predicted octanol–water partition coefficient (Wildman–Crippen LogP) is 5.57. The maximum atomic E-state index is 14.6. The molecule has 1 aliphatic heterocycles. The monoisotopic (exact) mass is 606 g/mol. The van der Waals surface area contributed by atoms with E-state index in [2.05, 4.69) is 4.99 Å². The highest BCUT2D eigenvalue weighted by Crippen LogP contribution is 2.36. The van der Waals surface area contributed by atoms with Crippen molar-refractivity contribution < 1.29 is 23.4 Å². The molecular weight excluding hydrogens is 579 g/mol. The number of esters is 1. The SMILES string of the molecule is COc1cc(C2C(C(=O)OC(C)C)=C(C)N=c3sc(=Cc4c(F)cccc4Cl)c(=O)n32)ccc1OCc1ccccc1. The van der Waals surface area contributed by atoms with Gasteiger partial charge in [-0.3, -0.25) is 9.36 Å². The van der Waals surface area contributed by atoms with Crippen molar-refractivity contribution in [1.29, 1.82) is 0 Å². The Kier molecular flexibility index (Phi) is 8.61. The topological polar surface area (TPSA) is 79.1 Å². The summed E-state index contributed by atoms with van der Waals surface area (Å²) in [5, 5.41) is 0.172. The van der Waals surface area contributed by atoms with Crippen LogP contribution in [0.3, 0.4) is 0 Å². The van der Waals surface area contributed by atoms with Gasteiger partial charge < -0.3 is 14.2 Å². The Labute approximate surface area is 250 Å². The van der Waals surface area contributed by atoms with Crippen LogP contribution in [0.25, 0.3) is 6.08 Å². The molecule has 1 unspecified atom stereocenters. The van der Waals surface area contributed by atoms with E-state index in [9.17, 15) is 14.0 Å². The number of hydrogen-bond donors (Lipinski definition) is 0. The highest BCUT2D eigenvalue weighted by molar-refractivity contribution is 7.07. The van der Waals surface area contributed by atoms with E-state index in [1.165, 1.54) is 29.9 Å². The average molecular weight is 607 g/mol. The van der Waals surface area contributed by atoms with Gasteiger partial charge in [0.2, 0.25) is 0 Å². The fraction of sp³-hybridized carbons (Fsp3) is 0.219. The molecule has 10 heteroatoms. The average Bonchev–Trinajstić information content (AvgIpc) is 3.27. The summed E-state index contributed by atoms with van der Waals surface area (Å²) in [7, 11) is 1.52. The molecule has 0 saturated carbocycles. The highest BCUT2D eigenvalue weighted by atomic mass is 35.5. The molecule has 7 nitrogen and oxygen atoms in total. The van der Waals surface area contributed by atoms with Crippen LogP contribution in [0.5, 0.6) is 11.5 Å². The van der Waals surface area contributed by atoms with Crippen molar-refractivity contribution >= 4 is 35.0 Å². The van der Waals surface area contributed by atoms with E-state index < -0.39 is 29.5 Å². The number of ether oxygens (including phenoxy) is 3. The van der Waals surface area contributed by atoms with Crippen LogP contribution in [0, 0.1) is 5.82 Å². The molecule has 2 heterocycles. The van der Waals surface area contributed by atoms with Crippen molar-refractivity contribution in [3.63, 3.8) is 0 Å². The van der Waals surface area contributed by atoms with E-state index in [0.29, 0.717) is 34.2 Å². The molecule has 0 aliphatic carbocycles. The first-order chi connectivity index (χ1) is 20.2. The van der Waals surface area contributed by atoms with E-state index in [1.54, 1.807) is 45.0 Å². The summed E-state index contributed by atoms with van der Waals surface area (Å²) in [5.74, 6) is -0.224. The molecule has 42 heavy (non-hydrogen) atoms. The quantitative estimate of drug-likeness (QED) is 0.245. The zero-order chi connectivity index (χ0) is 30.0. The minimum absolute atomic E-state index is 0.0951. The van der Waals surface area contributed by atoms with Gasteiger partial charge in [-0.1, -0.05) is 65.4 Å². The molecule has 216 valence electrons. The summed E-state index contributed by atoms with van der Waals surface area (Å²) >= 11 is 7.32. The number of nitrogens with zero attached hydrogens (tertiary/aromatic N) is 2. The largest absolute Gasteiger partial charge is 0.493 e. The van der Waals surface area contributed by atoms with Crippen LogP contribution in [-0.2, 0) is 16.1 Å². The molecule has 0 radical (unpaired) electrons. The van der Waals surface area contributed by atoms with Gasteiger partial charge in [-0.15, -0.1) is 0 Å². The van der Waals surface area contributed by atoms with Gasteiger partial charge in [0.25, 0.3) is 5.56 Å². The molecule has 0 spiro atoms. The van der Waals surface area contributed by atoms with Gasteiger partial charge in [-0.25, -0.2) is 14.2 Å². The lowest BCUT2D eigenvalue weighted by Gasteiger charge is -2.26. The third-order valence-corrected chi connectivity index (χ3v) is 7.91. The van der Waals surface area contributed by atoms with Crippen molar-refractivity contribution in [3.05, 3.63) is 125 Å². The summed E-state index contributed by atoms with van der Waals surface area (Å²) in [4.78, 5) is 32.2. The molecule has 0 amide bonds. The normalized spacial score (nSPS) is 14.9. The lowest BCUT2D eigenvalue weighted by atomic mass is 9.95. The number of benzene rings is 3. The van der Waals surface area contributed by atoms with Gasteiger partial charge in [0.1, 0.15) is 12.4 Å². The minimum Gasteiger partial charge on any atom is -0.493 e. The fourth-order valence-corrected chi connectivity index (χ4v) is 5.91. The van der Waals surface area contributed by atoms with Crippen molar-refractivity contribution in [1.82, 2.24) is 4.57 Å². The van der Waals surface area contributed by atoms with E-state index in [-0.39, 0.29) is 20.7 Å². The molecular formula is C32H28ClFN2O5S. The number of hydrogen-bond acceptors (Lipinski definition) is 7. The lowest BCUT2D eigenvalue weighted by molar-refractivity contribution is -0.143. The number of halogens is 2. The number of methoxy groups -OCH3 is 1. The molecule has 1 aromatic heterocycles. The molecule has 5 rings (SSSR count). The molecule has 1 aliphatic rings. The van der Waals surface area contributed by atoms with Crippen molar-refractivity contribution in [3.8, 4) is 11.5 Å². The van der Waals surface area contributed by atoms with E-state index >= 15 is 0 Å². The van der Waals surface area contributed by atoms with Crippen molar-refractivity contribution in [2.75, 3.05) is 7.11 Å². The Morgan fingerprint density at radius 2 is 1.88 bits per heavy atom. The van der Waals surface area contributed by atoms with E-state index in [1.807, 2.05) is 30.3 Å². The third-order valence-electron chi connectivity index (χ3n) is 6.60. The summed E-state index contributed by atoms with van der Waals surface area (Å²) in [6.45, 7) is 5.52. The van der Waals surface area contributed by atoms with Crippen LogP contribution in [0.1, 0.15) is 43.5 Å². The fourth-order valence-electron chi connectivity index (χ4n) is 4.66. The van der Waals surface area contributed by atoms with Crippen molar-refractivity contribution in [2.45, 2.75) is 39.5 Å². The summed E-state index contributed by atoms with van der Waals surface area (Å²) in [6, 6.07) is 18.4. The van der Waals surface area contributed by atoms with E-state index in [0.717, 1.165) is 16.9 Å². The van der Waals surface area contributed by atoms with Gasteiger partial charge >= 0.3 is 5.97 Å². The first-order valence-electron chi connectivity index (χ1n) is 13.2. The molecule has 0 saturated heterocycles. The van der Waals surface area contributed by atoms with Crippen LogP contribution < -0.4 is 24.4 Å². The molecule has 3 aromatic carbocycles. The number of fused-ring (bicyclic) bond motifs is 1. The summed E-state index contributed by atoms with van der Waals surface area (Å²) in [6.07, 6.45) is 1.01. The smallest absolute Gasteiger partial charge is 0.338 e. The maximum absolute atomic E-state index is 14.6. The molecule has 4 aromatic rings. The first-order valence-corrected chi connectivity index (χ1v) is 14.4. The highest BCUT2D eigenvalue weighted by Gasteiger charge is 2.34. The van der Waals surface area contributed by atoms with Crippen LogP contribution in [0.2, 0.25) is 5.02 Å². The van der Waals surface area contributed by atoms with Gasteiger partial charge in [-0.2, -0.15) is 0 Å². The second-order valence-electron chi connectivity index (χ2n) is 9.86. The first kappa shape index (κ1) is 29.3. The predicted molar refractivity (Wildman–Crippen MR) is 160 cm³/mol. The minimum atomic E-state index is -0.886. The number of rotatable bonds is 8. The number of carbonyl (C=O) groups is 1. The van der Waals surface area contributed by atoms with Crippen LogP contribution >= 0.6 is 22.9 Å². The van der Waals surface area contributed by atoms with Crippen molar-refractivity contribution in [2.24, 2.45) is 4.99 Å². The van der Waals surface area contributed by atoms with Gasteiger partial charge in [0, 0.05) is 5.56 Å². The van der Waals surface area contributed by atoms with Crippen LogP contribution in [0.15, 0.2) is 87.8 Å². The Morgan fingerprint density at radius 1 is 1.12 bits per heavy atom. The zero-order valence-electron chi connectivity index (χ0n) is 23.4. The van der Waals surface area contributed by atoms with E-state index in [4.69, 9.17) is 25.8 Å².